The molecule has 0 unspecified atom stereocenters. The maximum atomic E-state index is 8.11. The summed E-state index contributed by atoms with van der Waals surface area (Å²) >= 11 is 1.82. The van der Waals surface area contributed by atoms with Crippen molar-refractivity contribution >= 4 is 11.8 Å². The van der Waals surface area contributed by atoms with Gasteiger partial charge < -0.3 is 0 Å². The van der Waals surface area contributed by atoms with Gasteiger partial charge in [-0.15, -0.1) is 11.8 Å². The Morgan fingerprint density at radius 2 is 2.20 bits per heavy atom. The third-order valence-corrected chi connectivity index (χ3v) is 3.32. The number of hydrogen-bond donors (Lipinski definition) is 0. The van der Waals surface area contributed by atoms with E-state index < -0.39 is 0 Å². The van der Waals surface area contributed by atoms with Gasteiger partial charge in [0.2, 0.25) is 0 Å². The molecular weight excluding hydrogens is 206 g/mol. The minimum absolute atomic E-state index is 0.592. The van der Waals surface area contributed by atoms with E-state index in [0.29, 0.717) is 6.54 Å². The number of benzene rings is 1. The van der Waals surface area contributed by atoms with Gasteiger partial charge >= 0.3 is 0 Å². The monoisotopic (exact) mass is 221 g/mol. The lowest BCUT2D eigenvalue weighted by Gasteiger charge is -2.05. The standard InChI is InChI=1S/C11H15N3S/c1-9-4-5-11(10(2)8-9)15-7-3-6-13-14-12/h4-5,8H,3,6-7H2,1-2H3. The van der Waals surface area contributed by atoms with Crippen LogP contribution in [0.2, 0.25) is 0 Å². The molecule has 0 heterocycles. The van der Waals surface area contributed by atoms with Gasteiger partial charge in [-0.2, -0.15) is 0 Å². The molecule has 0 N–H and O–H groups in total. The fourth-order valence-corrected chi connectivity index (χ4v) is 2.27. The van der Waals surface area contributed by atoms with Crippen molar-refractivity contribution in [2.24, 2.45) is 5.11 Å². The maximum Gasteiger partial charge on any atom is 0.0265 e. The van der Waals surface area contributed by atoms with Crippen LogP contribution in [0.15, 0.2) is 28.2 Å². The van der Waals surface area contributed by atoms with Crippen molar-refractivity contribution in [3.63, 3.8) is 0 Å². The van der Waals surface area contributed by atoms with E-state index in [9.17, 15) is 0 Å². The zero-order valence-corrected chi connectivity index (χ0v) is 9.92. The Morgan fingerprint density at radius 3 is 2.87 bits per heavy atom. The molecule has 1 aromatic rings. The lowest BCUT2D eigenvalue weighted by molar-refractivity contribution is 0.931. The first-order chi connectivity index (χ1) is 7.24. The minimum Gasteiger partial charge on any atom is -0.126 e. The quantitative estimate of drug-likeness (QED) is 0.243. The van der Waals surface area contributed by atoms with Crippen molar-refractivity contribution in [2.45, 2.75) is 25.2 Å². The van der Waals surface area contributed by atoms with Crippen LogP contribution in [-0.4, -0.2) is 12.3 Å². The van der Waals surface area contributed by atoms with Gasteiger partial charge in [-0.05, 0) is 43.2 Å². The Kier molecular flexibility index (Phi) is 5.08. The van der Waals surface area contributed by atoms with Crippen LogP contribution in [0.5, 0.6) is 0 Å². The van der Waals surface area contributed by atoms with Gasteiger partial charge in [0.25, 0.3) is 0 Å². The molecule has 80 valence electrons. The number of rotatable bonds is 5. The van der Waals surface area contributed by atoms with E-state index in [-0.39, 0.29) is 0 Å². The molecule has 0 radical (unpaired) electrons. The van der Waals surface area contributed by atoms with E-state index in [2.05, 4.69) is 42.1 Å². The molecule has 0 aromatic heterocycles. The number of azide groups is 1. The SMILES string of the molecule is Cc1ccc(SCCCN=[N+]=[N-])c(C)c1. The Bertz CT molecular complexity index is 370. The molecule has 1 rings (SSSR count). The third kappa shape index (κ3) is 4.28. The lowest BCUT2D eigenvalue weighted by Crippen LogP contribution is -1.86. The summed E-state index contributed by atoms with van der Waals surface area (Å²) in [5.41, 5.74) is 10.7. The van der Waals surface area contributed by atoms with Crippen molar-refractivity contribution in [3.05, 3.63) is 39.8 Å². The first-order valence-electron chi connectivity index (χ1n) is 4.95. The van der Waals surface area contributed by atoms with E-state index in [1.54, 1.807) is 0 Å². The lowest BCUT2D eigenvalue weighted by atomic mass is 10.2. The Morgan fingerprint density at radius 1 is 1.40 bits per heavy atom. The molecule has 0 aliphatic carbocycles. The van der Waals surface area contributed by atoms with Crippen LogP contribution in [0.4, 0.5) is 0 Å². The highest BCUT2D eigenvalue weighted by Gasteiger charge is 1.98. The third-order valence-electron chi connectivity index (χ3n) is 2.05. The summed E-state index contributed by atoms with van der Waals surface area (Å²) in [5, 5.41) is 3.51. The van der Waals surface area contributed by atoms with Gasteiger partial charge in [-0.1, -0.05) is 22.8 Å². The van der Waals surface area contributed by atoms with E-state index in [4.69, 9.17) is 5.53 Å². The first-order valence-corrected chi connectivity index (χ1v) is 5.93. The topological polar surface area (TPSA) is 48.8 Å². The summed E-state index contributed by atoms with van der Waals surface area (Å²) in [6, 6.07) is 6.47. The molecule has 15 heavy (non-hydrogen) atoms. The average molecular weight is 221 g/mol. The molecule has 0 fully saturated rings. The summed E-state index contributed by atoms with van der Waals surface area (Å²) < 4.78 is 0. The predicted molar refractivity (Wildman–Crippen MR) is 65.3 cm³/mol. The molecule has 0 spiro atoms. The Balaban J connectivity index is 2.40. The Labute approximate surface area is 94.5 Å². The van der Waals surface area contributed by atoms with Gasteiger partial charge in [-0.3, -0.25) is 0 Å². The van der Waals surface area contributed by atoms with Gasteiger partial charge in [0.15, 0.2) is 0 Å². The molecule has 0 atom stereocenters. The normalized spacial score (nSPS) is 9.73. The van der Waals surface area contributed by atoms with E-state index in [1.165, 1.54) is 16.0 Å². The Hall–Kier alpha value is -1.12. The molecule has 1 aromatic carbocycles. The van der Waals surface area contributed by atoms with Crippen molar-refractivity contribution in [3.8, 4) is 0 Å². The molecule has 0 aliphatic rings. The summed E-state index contributed by atoms with van der Waals surface area (Å²) in [4.78, 5) is 4.05. The van der Waals surface area contributed by atoms with Crippen LogP contribution in [-0.2, 0) is 0 Å². The molecule has 0 saturated heterocycles. The number of nitrogens with zero attached hydrogens (tertiary/aromatic N) is 3. The molecule has 4 heteroatoms. The van der Waals surface area contributed by atoms with Gasteiger partial charge in [-0.25, -0.2) is 0 Å². The first kappa shape index (κ1) is 12.0. The fraction of sp³-hybridized carbons (Fsp3) is 0.455. The fourth-order valence-electron chi connectivity index (χ4n) is 1.32. The zero-order chi connectivity index (χ0) is 11.1. The van der Waals surface area contributed by atoms with Crippen LogP contribution in [0.25, 0.3) is 10.4 Å². The summed E-state index contributed by atoms with van der Waals surface area (Å²) in [6.45, 7) is 4.82. The summed E-state index contributed by atoms with van der Waals surface area (Å²) in [6.07, 6.45) is 0.933. The predicted octanol–water partition coefficient (Wildman–Crippen LogP) is 4.10. The van der Waals surface area contributed by atoms with Crippen LogP contribution in [0, 0.1) is 13.8 Å². The number of aryl methyl sites for hydroxylation is 2. The molecule has 3 nitrogen and oxygen atoms in total. The highest BCUT2D eigenvalue weighted by Crippen LogP contribution is 2.23. The largest absolute Gasteiger partial charge is 0.126 e. The van der Waals surface area contributed by atoms with E-state index >= 15 is 0 Å². The summed E-state index contributed by atoms with van der Waals surface area (Å²) in [7, 11) is 0. The molecule has 0 saturated carbocycles. The molecular formula is C11H15N3S. The molecule has 0 aliphatic heterocycles. The van der Waals surface area contributed by atoms with Gasteiger partial charge in [0.1, 0.15) is 0 Å². The van der Waals surface area contributed by atoms with Crippen LogP contribution >= 0.6 is 11.8 Å². The average Bonchev–Trinajstić information content (AvgIpc) is 2.20. The molecule has 0 amide bonds. The minimum atomic E-state index is 0.592. The van der Waals surface area contributed by atoms with Crippen LogP contribution in [0.1, 0.15) is 17.5 Å². The second kappa shape index (κ2) is 6.38. The summed E-state index contributed by atoms with van der Waals surface area (Å²) in [5.74, 6) is 1.00. The van der Waals surface area contributed by atoms with Crippen molar-refractivity contribution in [2.75, 3.05) is 12.3 Å². The number of thioether (sulfide) groups is 1. The van der Waals surface area contributed by atoms with Gasteiger partial charge in [0, 0.05) is 16.4 Å². The van der Waals surface area contributed by atoms with Gasteiger partial charge in [0.05, 0.1) is 0 Å². The van der Waals surface area contributed by atoms with Crippen molar-refractivity contribution in [1.29, 1.82) is 0 Å². The maximum absolute atomic E-state index is 8.11. The van der Waals surface area contributed by atoms with Crippen LogP contribution < -0.4 is 0 Å². The van der Waals surface area contributed by atoms with Crippen LogP contribution in [0.3, 0.4) is 0 Å². The van der Waals surface area contributed by atoms with E-state index in [1.807, 2.05) is 11.8 Å². The second-order valence-electron chi connectivity index (χ2n) is 3.43. The highest BCUT2D eigenvalue weighted by molar-refractivity contribution is 7.99. The van der Waals surface area contributed by atoms with E-state index in [0.717, 1.165) is 12.2 Å². The smallest absolute Gasteiger partial charge is 0.0265 e. The van der Waals surface area contributed by atoms with Crippen molar-refractivity contribution in [1.82, 2.24) is 0 Å². The second-order valence-corrected chi connectivity index (χ2v) is 4.56. The highest BCUT2D eigenvalue weighted by atomic mass is 32.2. The number of hydrogen-bond acceptors (Lipinski definition) is 2. The molecule has 0 bridgehead atoms. The van der Waals surface area contributed by atoms with Crippen molar-refractivity contribution < 1.29 is 0 Å². The zero-order valence-electron chi connectivity index (χ0n) is 9.10.